The summed E-state index contributed by atoms with van der Waals surface area (Å²) in [6.07, 6.45) is 0. The second kappa shape index (κ2) is 4.84. The van der Waals surface area contributed by atoms with Gasteiger partial charge in [0.25, 0.3) is 0 Å². The van der Waals surface area contributed by atoms with E-state index in [1.807, 2.05) is 0 Å². The van der Waals surface area contributed by atoms with Crippen LogP contribution in [0.1, 0.15) is 48.5 Å². The Bertz CT molecular complexity index is 186. The molecule has 1 atom stereocenters. The molecule has 0 aliphatic carbocycles. The number of methoxy groups -OCH3 is 1. The Kier molecular flexibility index (Phi) is 4.81. The van der Waals surface area contributed by atoms with Gasteiger partial charge in [-0.05, 0) is 26.2 Å². The molecule has 2 nitrogen and oxygen atoms in total. The third-order valence-electron chi connectivity index (χ3n) is 3.10. The fourth-order valence-electron chi connectivity index (χ4n) is 1.17. The molecule has 0 saturated carbocycles. The summed E-state index contributed by atoms with van der Waals surface area (Å²) in [5.74, 6) is 0. The summed E-state index contributed by atoms with van der Waals surface area (Å²) in [5, 5.41) is 0. The summed E-state index contributed by atoms with van der Waals surface area (Å²) in [6, 6.07) is 0. The van der Waals surface area contributed by atoms with Crippen molar-refractivity contribution in [3.05, 3.63) is 0 Å². The Morgan fingerprint density at radius 1 is 0.800 bits per heavy atom. The summed E-state index contributed by atoms with van der Waals surface area (Å²) in [4.78, 5) is 0. The van der Waals surface area contributed by atoms with Gasteiger partial charge in [-0.25, -0.2) is 0 Å². The van der Waals surface area contributed by atoms with Crippen LogP contribution in [0.25, 0.3) is 0 Å². The minimum atomic E-state index is -0.0831. The fourth-order valence-corrected chi connectivity index (χ4v) is 1.17. The molecule has 0 aromatic rings. The van der Waals surface area contributed by atoms with Crippen LogP contribution in [0.15, 0.2) is 0 Å². The van der Waals surface area contributed by atoms with Crippen LogP contribution in [-0.4, -0.2) is 25.9 Å². The van der Waals surface area contributed by atoms with Gasteiger partial charge in [0, 0.05) is 12.5 Å². The minimum absolute atomic E-state index is 0.0506. The van der Waals surface area contributed by atoms with Crippen LogP contribution in [0.4, 0.5) is 0 Å². The number of rotatable bonds is 4. The van der Waals surface area contributed by atoms with Crippen molar-refractivity contribution in [2.24, 2.45) is 10.8 Å². The molecule has 0 aliphatic rings. The summed E-state index contributed by atoms with van der Waals surface area (Å²) in [6.45, 7) is 16.6. The number of hydrogen-bond acceptors (Lipinski definition) is 2. The van der Waals surface area contributed by atoms with Crippen molar-refractivity contribution in [1.29, 1.82) is 0 Å². The Labute approximate surface area is 95.3 Å². The topological polar surface area (TPSA) is 18.5 Å². The van der Waals surface area contributed by atoms with Crippen molar-refractivity contribution in [3.63, 3.8) is 0 Å². The predicted octanol–water partition coefficient (Wildman–Crippen LogP) is 3.50. The molecule has 0 aromatic heterocycles. The lowest BCUT2D eigenvalue weighted by atomic mass is 9.69. The van der Waals surface area contributed by atoms with Gasteiger partial charge in [-0.3, -0.25) is 0 Å². The maximum atomic E-state index is 5.89. The van der Waals surface area contributed by atoms with Crippen LogP contribution in [0, 0.1) is 10.8 Å². The van der Waals surface area contributed by atoms with Gasteiger partial charge >= 0.3 is 0 Å². The first-order chi connectivity index (χ1) is 6.52. The molecular formula is C13H28O2. The van der Waals surface area contributed by atoms with E-state index in [2.05, 4.69) is 48.5 Å². The predicted molar refractivity (Wildman–Crippen MR) is 65.1 cm³/mol. The van der Waals surface area contributed by atoms with Crippen molar-refractivity contribution >= 4 is 0 Å². The Hall–Kier alpha value is -0.0800. The Morgan fingerprint density at radius 3 is 1.53 bits per heavy atom. The first-order valence-corrected chi connectivity index (χ1v) is 5.65. The summed E-state index contributed by atoms with van der Waals surface area (Å²) in [5.41, 5.74) is 0.142. The monoisotopic (exact) mass is 216 g/mol. The maximum Gasteiger partial charge on any atom is 0.0598 e. The third-order valence-corrected chi connectivity index (χ3v) is 3.10. The molecule has 0 rings (SSSR count). The first-order valence-electron chi connectivity index (χ1n) is 5.65. The molecule has 0 aliphatic heterocycles. The van der Waals surface area contributed by atoms with E-state index in [-0.39, 0.29) is 16.4 Å². The molecule has 0 heterocycles. The van der Waals surface area contributed by atoms with E-state index in [0.717, 1.165) is 13.2 Å². The maximum absolute atomic E-state index is 5.89. The van der Waals surface area contributed by atoms with Crippen LogP contribution in [0.5, 0.6) is 0 Å². The fraction of sp³-hybridized carbons (Fsp3) is 1.00. The van der Waals surface area contributed by atoms with Crippen molar-refractivity contribution in [2.45, 2.75) is 54.1 Å². The molecule has 15 heavy (non-hydrogen) atoms. The van der Waals surface area contributed by atoms with Crippen LogP contribution < -0.4 is 0 Å². The number of ether oxygens (including phenoxy) is 2. The highest BCUT2D eigenvalue weighted by Crippen LogP contribution is 2.39. The van der Waals surface area contributed by atoms with E-state index in [1.165, 1.54) is 0 Å². The normalized spacial score (nSPS) is 17.6. The number of hydrogen-bond donors (Lipinski definition) is 0. The van der Waals surface area contributed by atoms with E-state index >= 15 is 0 Å². The average Bonchev–Trinajstić information content (AvgIpc) is 1.98. The van der Waals surface area contributed by atoms with E-state index < -0.39 is 0 Å². The van der Waals surface area contributed by atoms with E-state index in [0.29, 0.717) is 0 Å². The van der Waals surface area contributed by atoms with Gasteiger partial charge < -0.3 is 9.47 Å². The molecule has 0 radical (unpaired) electrons. The van der Waals surface area contributed by atoms with Gasteiger partial charge in [0.2, 0.25) is 0 Å². The summed E-state index contributed by atoms with van der Waals surface area (Å²) in [7, 11) is 1.75. The molecule has 0 saturated heterocycles. The molecule has 2 heteroatoms. The van der Waals surface area contributed by atoms with Crippen molar-refractivity contribution in [1.82, 2.24) is 0 Å². The van der Waals surface area contributed by atoms with Crippen molar-refractivity contribution in [3.8, 4) is 0 Å². The zero-order valence-electron chi connectivity index (χ0n) is 11.7. The molecule has 92 valence electrons. The molecule has 0 fully saturated rings. The Morgan fingerprint density at radius 2 is 1.27 bits per heavy atom. The largest absolute Gasteiger partial charge is 0.384 e. The lowest BCUT2D eigenvalue weighted by Gasteiger charge is -2.42. The van der Waals surface area contributed by atoms with Crippen molar-refractivity contribution < 1.29 is 9.47 Å². The molecule has 0 N–H and O–H groups in total. The van der Waals surface area contributed by atoms with Crippen LogP contribution in [-0.2, 0) is 9.47 Å². The first kappa shape index (κ1) is 14.9. The lowest BCUT2D eigenvalue weighted by molar-refractivity contribution is -0.105. The van der Waals surface area contributed by atoms with Gasteiger partial charge in [0.1, 0.15) is 0 Å². The van der Waals surface area contributed by atoms with Gasteiger partial charge in [0.05, 0.1) is 18.8 Å². The van der Waals surface area contributed by atoms with Gasteiger partial charge in [-0.15, -0.1) is 0 Å². The molecule has 1 unspecified atom stereocenters. The van der Waals surface area contributed by atoms with Crippen molar-refractivity contribution in [2.75, 3.05) is 20.3 Å². The SMILES string of the molecule is COCC(C)(COC(C)(C)C)C(C)(C)C. The third kappa shape index (κ3) is 4.98. The molecular weight excluding hydrogens is 188 g/mol. The zero-order valence-corrected chi connectivity index (χ0v) is 11.7. The summed E-state index contributed by atoms with van der Waals surface area (Å²) < 4.78 is 11.2. The summed E-state index contributed by atoms with van der Waals surface area (Å²) >= 11 is 0. The van der Waals surface area contributed by atoms with Crippen LogP contribution in [0.2, 0.25) is 0 Å². The highest BCUT2D eigenvalue weighted by atomic mass is 16.5. The minimum Gasteiger partial charge on any atom is -0.384 e. The zero-order chi connectivity index (χ0) is 12.3. The highest BCUT2D eigenvalue weighted by molar-refractivity contribution is 4.87. The van der Waals surface area contributed by atoms with E-state index in [4.69, 9.17) is 9.47 Å². The van der Waals surface area contributed by atoms with Gasteiger partial charge in [-0.2, -0.15) is 0 Å². The van der Waals surface area contributed by atoms with Crippen LogP contribution in [0.3, 0.4) is 0 Å². The highest BCUT2D eigenvalue weighted by Gasteiger charge is 2.38. The molecule has 0 aromatic carbocycles. The second-order valence-electron chi connectivity index (χ2n) is 6.64. The average molecular weight is 216 g/mol. The quantitative estimate of drug-likeness (QED) is 0.716. The molecule has 0 spiro atoms. The lowest BCUT2D eigenvalue weighted by Crippen LogP contribution is -2.43. The van der Waals surface area contributed by atoms with Gasteiger partial charge in [0.15, 0.2) is 0 Å². The van der Waals surface area contributed by atoms with Crippen LogP contribution >= 0.6 is 0 Å². The standard InChI is InChI=1S/C13H28O2/c1-11(2,3)13(7,9-14-8)10-15-12(4,5)6/h9-10H2,1-8H3. The second-order valence-corrected chi connectivity index (χ2v) is 6.64. The molecule has 0 amide bonds. The Balaban J connectivity index is 4.53. The van der Waals surface area contributed by atoms with E-state index in [1.54, 1.807) is 7.11 Å². The van der Waals surface area contributed by atoms with Gasteiger partial charge in [-0.1, -0.05) is 27.7 Å². The van der Waals surface area contributed by atoms with E-state index in [9.17, 15) is 0 Å². The molecule has 0 bridgehead atoms. The smallest absolute Gasteiger partial charge is 0.0598 e.